The summed E-state index contributed by atoms with van der Waals surface area (Å²) in [5.74, 6) is 2.38. The quantitative estimate of drug-likeness (QED) is 0.125. The first-order valence-electron chi connectivity index (χ1n) is 19.7. The standard InChI is InChI=1S/C52H39N5O/c1-52(2,3)35-28-29-53-51(30-35)57-46-21-10-7-18-41(46)43-26-25-40(33-50(43)57)58-39-17-13-16-37(31-39)54-34-55(49-23-12-11-22-48(49)54)38-24-27-47-44(32-38)42-19-8-9-20-45(42)56(47)36-14-5-4-6-15-36/h4-33H,1-3H3. The van der Waals surface area contributed by atoms with Gasteiger partial charge in [-0.2, -0.15) is 0 Å². The Morgan fingerprint density at radius 3 is 1.97 bits per heavy atom. The van der Waals surface area contributed by atoms with Gasteiger partial charge in [-0.05, 0) is 95.9 Å². The molecule has 278 valence electrons. The van der Waals surface area contributed by atoms with E-state index < -0.39 is 0 Å². The van der Waals surface area contributed by atoms with Gasteiger partial charge in [-0.15, -0.1) is 0 Å². The Kier molecular flexibility index (Phi) is 7.63. The summed E-state index contributed by atoms with van der Waals surface area (Å²) in [6.45, 7) is 6.70. The minimum Gasteiger partial charge on any atom is -0.458 e. The second-order valence-corrected chi connectivity index (χ2v) is 15.9. The van der Waals surface area contributed by atoms with Crippen LogP contribution in [0.15, 0.2) is 182 Å². The smallest absolute Gasteiger partial charge is 0.269 e. The van der Waals surface area contributed by atoms with E-state index in [9.17, 15) is 0 Å². The van der Waals surface area contributed by atoms with Crippen molar-refractivity contribution in [1.29, 1.82) is 0 Å². The van der Waals surface area contributed by atoms with Gasteiger partial charge in [-0.25, -0.2) is 4.98 Å². The van der Waals surface area contributed by atoms with Crippen LogP contribution in [0, 0.1) is 6.33 Å². The number of benzene rings is 7. The number of imidazole rings is 1. The Bertz CT molecular complexity index is 3360. The number of ether oxygens (including phenoxy) is 1. The molecule has 0 aliphatic heterocycles. The summed E-state index contributed by atoms with van der Waals surface area (Å²) in [6.07, 6.45) is 5.62. The molecule has 4 aromatic heterocycles. The molecule has 6 heteroatoms. The van der Waals surface area contributed by atoms with Gasteiger partial charge < -0.3 is 9.30 Å². The molecular weight excluding hydrogens is 711 g/mol. The molecule has 0 fully saturated rings. The number of fused-ring (bicyclic) bond motifs is 7. The average Bonchev–Trinajstić information content (AvgIpc) is 3.92. The van der Waals surface area contributed by atoms with Crippen molar-refractivity contribution in [3.8, 4) is 34.4 Å². The molecular formula is C52H39N5O. The van der Waals surface area contributed by atoms with Crippen LogP contribution in [-0.4, -0.2) is 18.7 Å². The van der Waals surface area contributed by atoms with Crippen LogP contribution in [0.2, 0.25) is 0 Å². The van der Waals surface area contributed by atoms with Crippen LogP contribution in [0.3, 0.4) is 0 Å². The van der Waals surface area contributed by atoms with Crippen molar-refractivity contribution in [3.05, 3.63) is 194 Å². The highest BCUT2D eigenvalue weighted by Gasteiger charge is 2.20. The molecule has 0 aliphatic rings. The molecule has 11 aromatic rings. The lowest BCUT2D eigenvalue weighted by Crippen LogP contribution is -2.29. The lowest BCUT2D eigenvalue weighted by atomic mass is 9.88. The van der Waals surface area contributed by atoms with E-state index in [1.54, 1.807) is 0 Å². The van der Waals surface area contributed by atoms with Crippen molar-refractivity contribution < 1.29 is 9.30 Å². The lowest BCUT2D eigenvalue weighted by molar-refractivity contribution is -0.572. The van der Waals surface area contributed by atoms with E-state index in [0.717, 1.165) is 61.8 Å². The summed E-state index contributed by atoms with van der Waals surface area (Å²) < 4.78 is 15.5. The second kappa shape index (κ2) is 13.1. The lowest BCUT2D eigenvalue weighted by Gasteiger charge is -2.20. The fourth-order valence-electron chi connectivity index (χ4n) is 8.49. The largest absolute Gasteiger partial charge is 0.458 e. The number of aromatic nitrogens is 5. The molecule has 4 heterocycles. The predicted octanol–water partition coefficient (Wildman–Crippen LogP) is 12.4. The van der Waals surface area contributed by atoms with Gasteiger partial charge in [0.15, 0.2) is 0 Å². The van der Waals surface area contributed by atoms with Crippen LogP contribution in [0.5, 0.6) is 11.5 Å². The maximum absolute atomic E-state index is 6.67. The summed E-state index contributed by atoms with van der Waals surface area (Å²) in [5, 5.41) is 4.74. The van der Waals surface area contributed by atoms with E-state index in [-0.39, 0.29) is 5.41 Å². The molecule has 58 heavy (non-hydrogen) atoms. The topological polar surface area (TPSA) is 40.8 Å². The van der Waals surface area contributed by atoms with Gasteiger partial charge in [0, 0.05) is 39.5 Å². The zero-order chi connectivity index (χ0) is 39.0. The fraction of sp³-hybridized carbons (Fsp3) is 0.0769. The van der Waals surface area contributed by atoms with E-state index in [1.165, 1.54) is 32.8 Å². The van der Waals surface area contributed by atoms with Crippen molar-refractivity contribution in [1.82, 2.24) is 18.7 Å². The van der Waals surface area contributed by atoms with Gasteiger partial charge >= 0.3 is 0 Å². The van der Waals surface area contributed by atoms with Crippen LogP contribution in [0.1, 0.15) is 26.3 Å². The first kappa shape index (κ1) is 33.9. The Morgan fingerprint density at radius 2 is 1.16 bits per heavy atom. The second-order valence-electron chi connectivity index (χ2n) is 15.9. The minimum absolute atomic E-state index is 0.00465. The molecule has 0 saturated heterocycles. The van der Waals surface area contributed by atoms with Gasteiger partial charge in [0.25, 0.3) is 6.33 Å². The molecule has 0 bridgehead atoms. The summed E-state index contributed by atoms with van der Waals surface area (Å²) in [6, 6.07) is 61.8. The van der Waals surface area contributed by atoms with E-state index in [4.69, 9.17) is 9.72 Å². The van der Waals surface area contributed by atoms with Crippen molar-refractivity contribution in [2.45, 2.75) is 26.2 Å². The molecule has 0 radical (unpaired) electrons. The molecule has 0 aliphatic carbocycles. The number of pyridine rings is 1. The highest BCUT2D eigenvalue weighted by atomic mass is 16.5. The first-order valence-corrected chi connectivity index (χ1v) is 19.7. The average molecular weight is 750 g/mol. The van der Waals surface area contributed by atoms with Gasteiger partial charge in [0.1, 0.15) is 17.3 Å². The van der Waals surface area contributed by atoms with Crippen molar-refractivity contribution in [2.24, 2.45) is 0 Å². The highest BCUT2D eigenvalue weighted by Crippen LogP contribution is 2.37. The van der Waals surface area contributed by atoms with Crippen molar-refractivity contribution in [3.63, 3.8) is 0 Å². The van der Waals surface area contributed by atoms with Crippen LogP contribution in [0.4, 0.5) is 0 Å². The Morgan fingerprint density at radius 1 is 0.500 bits per heavy atom. The molecule has 0 unspecified atom stereocenters. The maximum atomic E-state index is 6.67. The summed E-state index contributed by atoms with van der Waals surface area (Å²) in [5.41, 5.74) is 11.0. The minimum atomic E-state index is -0.00465. The Balaban J connectivity index is 0.989. The van der Waals surface area contributed by atoms with Gasteiger partial charge in [0.05, 0.1) is 44.5 Å². The SMILES string of the molecule is CC(C)(C)c1ccnc(-n2c3ccccc3c3ccc(Oc4cccc(-n5[c-][n+](-c6ccc7c(c6)c6ccccc6n7-c6ccccc6)c6ccccc65)c4)cc32)c1. The molecule has 0 spiro atoms. The molecule has 0 atom stereocenters. The number of nitrogens with zero attached hydrogens (tertiary/aromatic N) is 5. The third-order valence-electron chi connectivity index (χ3n) is 11.3. The van der Waals surface area contributed by atoms with Gasteiger partial charge in [-0.1, -0.05) is 106 Å². The molecule has 7 aromatic carbocycles. The summed E-state index contributed by atoms with van der Waals surface area (Å²) in [4.78, 5) is 4.86. The van der Waals surface area contributed by atoms with Crippen molar-refractivity contribution in [2.75, 3.05) is 0 Å². The molecule has 11 rings (SSSR count). The van der Waals surface area contributed by atoms with Crippen LogP contribution < -0.4 is 9.30 Å². The van der Waals surface area contributed by atoms with Gasteiger partial charge in [0.2, 0.25) is 0 Å². The third-order valence-corrected chi connectivity index (χ3v) is 11.3. The predicted molar refractivity (Wildman–Crippen MR) is 235 cm³/mol. The van der Waals surface area contributed by atoms with E-state index in [2.05, 4.69) is 209 Å². The van der Waals surface area contributed by atoms with Crippen LogP contribution >= 0.6 is 0 Å². The van der Waals surface area contributed by atoms with Crippen LogP contribution in [-0.2, 0) is 5.41 Å². The molecule has 0 N–H and O–H groups in total. The van der Waals surface area contributed by atoms with Gasteiger partial charge in [-0.3, -0.25) is 13.7 Å². The zero-order valence-corrected chi connectivity index (χ0v) is 32.5. The monoisotopic (exact) mass is 749 g/mol. The molecule has 0 amide bonds. The van der Waals surface area contributed by atoms with E-state index >= 15 is 0 Å². The first-order chi connectivity index (χ1) is 28.4. The third kappa shape index (κ3) is 5.48. The summed E-state index contributed by atoms with van der Waals surface area (Å²) in [7, 11) is 0. The zero-order valence-electron chi connectivity index (χ0n) is 32.5. The normalized spacial score (nSPS) is 12.1. The van der Waals surface area contributed by atoms with Crippen LogP contribution in [0.25, 0.3) is 77.5 Å². The maximum Gasteiger partial charge on any atom is 0.269 e. The highest BCUT2D eigenvalue weighted by molar-refractivity contribution is 6.10. The molecule has 6 nitrogen and oxygen atoms in total. The summed E-state index contributed by atoms with van der Waals surface area (Å²) >= 11 is 0. The molecule has 0 saturated carbocycles. The number of rotatable bonds is 6. The Hall–Kier alpha value is -7.44. The number of para-hydroxylation sites is 5. The van der Waals surface area contributed by atoms with E-state index in [0.29, 0.717) is 0 Å². The number of hydrogen-bond donors (Lipinski definition) is 0. The van der Waals surface area contributed by atoms with Crippen molar-refractivity contribution >= 4 is 54.6 Å². The van der Waals surface area contributed by atoms with E-state index in [1.807, 2.05) is 18.3 Å². The number of hydrogen-bond acceptors (Lipinski definition) is 2. The Labute approximate surface area is 336 Å². The fourth-order valence-corrected chi connectivity index (χ4v) is 8.49.